The van der Waals surface area contributed by atoms with Crippen molar-refractivity contribution < 1.29 is 27.5 Å². The molecule has 1 amide bonds. The monoisotopic (exact) mass is 433 g/mol. The Morgan fingerprint density at radius 2 is 2.13 bits per heavy atom. The second-order valence-electron chi connectivity index (χ2n) is 8.33. The Hall–Kier alpha value is -2.99. The van der Waals surface area contributed by atoms with Gasteiger partial charge in [0.25, 0.3) is 5.91 Å². The minimum absolute atomic E-state index is 0.0904. The van der Waals surface area contributed by atoms with Gasteiger partial charge in [-0.3, -0.25) is 4.79 Å². The van der Waals surface area contributed by atoms with Gasteiger partial charge in [-0.2, -0.15) is 18.4 Å². The molecular formula is C22H22F3N3O3. The summed E-state index contributed by atoms with van der Waals surface area (Å²) in [6.45, 7) is 3.28. The topological polar surface area (TPSA) is 80.7 Å². The second-order valence-corrected chi connectivity index (χ2v) is 8.33. The van der Waals surface area contributed by atoms with Crippen LogP contribution in [-0.4, -0.2) is 48.7 Å². The fraction of sp³-hybridized carbons (Fsp3) is 0.455. The van der Waals surface area contributed by atoms with Crippen molar-refractivity contribution in [3.63, 3.8) is 0 Å². The van der Waals surface area contributed by atoms with Gasteiger partial charge in [-0.05, 0) is 37.6 Å². The largest absolute Gasteiger partial charge is 0.469 e. The van der Waals surface area contributed by atoms with Crippen LogP contribution >= 0.6 is 0 Å². The maximum Gasteiger partial charge on any atom is 0.417 e. The van der Waals surface area contributed by atoms with Crippen molar-refractivity contribution in [2.24, 2.45) is 11.3 Å². The summed E-state index contributed by atoms with van der Waals surface area (Å²) in [6, 6.07) is 6.91. The minimum Gasteiger partial charge on any atom is -0.469 e. The zero-order valence-corrected chi connectivity index (χ0v) is 16.9. The van der Waals surface area contributed by atoms with Crippen molar-refractivity contribution in [2.75, 3.05) is 37.7 Å². The molecule has 2 saturated heterocycles. The molecule has 1 N–H and O–H groups in total. The number of carbonyl (C=O) groups is 1. The molecule has 1 aromatic carbocycles. The second kappa shape index (κ2) is 7.61. The highest BCUT2D eigenvalue weighted by molar-refractivity contribution is 5.95. The van der Waals surface area contributed by atoms with Gasteiger partial charge in [0, 0.05) is 43.2 Å². The Balaban J connectivity index is 1.58. The third-order valence-corrected chi connectivity index (χ3v) is 6.62. The summed E-state index contributed by atoms with van der Waals surface area (Å²) in [7, 11) is 0. The van der Waals surface area contributed by atoms with Gasteiger partial charge in [0.05, 0.1) is 35.6 Å². The molecule has 0 unspecified atom stereocenters. The zero-order valence-electron chi connectivity index (χ0n) is 16.9. The van der Waals surface area contributed by atoms with Crippen molar-refractivity contribution in [3.8, 4) is 6.07 Å². The lowest BCUT2D eigenvalue weighted by Crippen LogP contribution is -2.50. The smallest absolute Gasteiger partial charge is 0.417 e. The summed E-state index contributed by atoms with van der Waals surface area (Å²) < 4.78 is 45.4. The standard InChI is InChI=1S/C22H22F3N3O3/c1-14-18(4-7-31-14)20(30)27-6-5-21(13-29)12-28(11-16(21)10-27)17-3-2-15(9-26)19(8-17)22(23,24)25/h2-4,7-8,16,29H,5-6,10-13H2,1H3/t16-,21+/m1/s1. The Labute approximate surface area is 177 Å². The number of hydrogen-bond acceptors (Lipinski definition) is 5. The number of aliphatic hydroxyl groups is 1. The molecule has 2 aliphatic rings. The van der Waals surface area contributed by atoms with Gasteiger partial charge in [-0.1, -0.05) is 0 Å². The first-order valence-electron chi connectivity index (χ1n) is 9.99. The van der Waals surface area contributed by atoms with Crippen molar-refractivity contribution in [3.05, 3.63) is 53.0 Å². The van der Waals surface area contributed by atoms with Crippen LogP contribution in [0.1, 0.15) is 33.7 Å². The van der Waals surface area contributed by atoms with Crippen LogP contribution in [0.3, 0.4) is 0 Å². The molecule has 1 aromatic heterocycles. The fourth-order valence-corrected chi connectivity index (χ4v) is 4.76. The number of fused-ring (bicyclic) bond motifs is 1. The van der Waals surface area contributed by atoms with E-state index in [0.29, 0.717) is 49.6 Å². The van der Waals surface area contributed by atoms with Crippen LogP contribution < -0.4 is 4.90 Å². The molecule has 3 heterocycles. The number of aliphatic hydroxyl groups excluding tert-OH is 1. The average Bonchev–Trinajstić information content (AvgIpc) is 3.35. The molecule has 2 aromatic rings. The molecule has 6 nitrogen and oxygen atoms in total. The number of piperidine rings is 1. The predicted octanol–water partition coefficient (Wildman–Crippen LogP) is 3.44. The van der Waals surface area contributed by atoms with Gasteiger partial charge < -0.3 is 19.3 Å². The molecule has 164 valence electrons. The summed E-state index contributed by atoms with van der Waals surface area (Å²) in [5.41, 5.74) is -1.02. The van der Waals surface area contributed by atoms with Crippen LogP contribution in [0.15, 0.2) is 34.9 Å². The molecule has 0 aliphatic carbocycles. The molecule has 2 fully saturated rings. The van der Waals surface area contributed by atoms with Crippen molar-refractivity contribution in [1.29, 1.82) is 5.26 Å². The quantitative estimate of drug-likeness (QED) is 0.802. The number of aryl methyl sites for hydroxylation is 1. The van der Waals surface area contributed by atoms with E-state index in [9.17, 15) is 23.1 Å². The molecule has 0 bridgehead atoms. The maximum absolute atomic E-state index is 13.4. The molecule has 31 heavy (non-hydrogen) atoms. The number of halogens is 3. The van der Waals surface area contributed by atoms with E-state index in [-0.39, 0.29) is 18.4 Å². The van der Waals surface area contributed by atoms with E-state index < -0.39 is 22.7 Å². The highest BCUT2D eigenvalue weighted by atomic mass is 19.4. The number of rotatable bonds is 3. The molecule has 9 heteroatoms. The van der Waals surface area contributed by atoms with E-state index >= 15 is 0 Å². The van der Waals surface area contributed by atoms with Gasteiger partial charge in [-0.15, -0.1) is 0 Å². The van der Waals surface area contributed by atoms with E-state index in [4.69, 9.17) is 9.68 Å². The van der Waals surface area contributed by atoms with Crippen LogP contribution in [0.25, 0.3) is 0 Å². The normalized spacial score (nSPS) is 23.5. The summed E-state index contributed by atoms with van der Waals surface area (Å²) in [4.78, 5) is 16.4. The Morgan fingerprint density at radius 3 is 2.74 bits per heavy atom. The number of likely N-dealkylation sites (tertiary alicyclic amines) is 1. The molecule has 2 aliphatic heterocycles. The number of alkyl halides is 3. The first-order valence-corrected chi connectivity index (χ1v) is 9.99. The summed E-state index contributed by atoms with van der Waals surface area (Å²) in [5, 5.41) is 19.2. The first-order chi connectivity index (χ1) is 14.7. The lowest BCUT2D eigenvalue weighted by atomic mass is 9.73. The SMILES string of the molecule is Cc1occc1C(=O)N1CC[C@@]2(CO)CN(c3ccc(C#N)c(C(F)(F)F)c3)C[C@H]2C1. The van der Waals surface area contributed by atoms with Crippen molar-refractivity contribution >= 4 is 11.6 Å². The van der Waals surface area contributed by atoms with Gasteiger partial charge in [0.1, 0.15) is 5.76 Å². The highest BCUT2D eigenvalue weighted by Crippen LogP contribution is 2.45. The summed E-state index contributed by atoms with van der Waals surface area (Å²) in [6.07, 6.45) is -2.62. The third kappa shape index (κ3) is 3.65. The number of benzene rings is 1. The van der Waals surface area contributed by atoms with E-state index in [2.05, 4.69) is 0 Å². The van der Waals surface area contributed by atoms with Gasteiger partial charge >= 0.3 is 6.18 Å². The van der Waals surface area contributed by atoms with Gasteiger partial charge in [-0.25, -0.2) is 0 Å². The molecule has 4 rings (SSSR count). The first kappa shape index (κ1) is 21.2. The summed E-state index contributed by atoms with van der Waals surface area (Å²) >= 11 is 0. The average molecular weight is 433 g/mol. The van der Waals surface area contributed by atoms with Gasteiger partial charge in [0.15, 0.2) is 0 Å². The van der Waals surface area contributed by atoms with Crippen molar-refractivity contribution in [1.82, 2.24) is 4.90 Å². The molecule has 2 atom stereocenters. The molecule has 0 radical (unpaired) electrons. The predicted molar refractivity (Wildman–Crippen MR) is 105 cm³/mol. The third-order valence-electron chi connectivity index (χ3n) is 6.62. The number of nitrogens with zero attached hydrogens (tertiary/aromatic N) is 3. The summed E-state index contributed by atoms with van der Waals surface area (Å²) in [5.74, 6) is 0.302. The number of nitriles is 1. The van der Waals surface area contributed by atoms with Crippen LogP contribution in [0.5, 0.6) is 0 Å². The Bertz CT molecular complexity index is 1040. The Morgan fingerprint density at radius 1 is 1.35 bits per heavy atom. The number of amides is 1. The van der Waals surface area contributed by atoms with E-state index in [1.165, 1.54) is 18.4 Å². The Kier molecular flexibility index (Phi) is 5.21. The number of carbonyl (C=O) groups excluding carboxylic acids is 1. The van der Waals surface area contributed by atoms with Crippen LogP contribution in [0.4, 0.5) is 18.9 Å². The lowest BCUT2D eigenvalue weighted by Gasteiger charge is -2.42. The van der Waals surface area contributed by atoms with Crippen molar-refractivity contribution in [2.45, 2.75) is 19.5 Å². The number of hydrogen-bond donors (Lipinski definition) is 1. The van der Waals surface area contributed by atoms with E-state index in [0.717, 1.165) is 6.07 Å². The fourth-order valence-electron chi connectivity index (χ4n) is 4.76. The molecular weight excluding hydrogens is 411 g/mol. The lowest BCUT2D eigenvalue weighted by molar-refractivity contribution is -0.137. The highest BCUT2D eigenvalue weighted by Gasteiger charge is 2.50. The maximum atomic E-state index is 13.4. The number of anilines is 1. The van der Waals surface area contributed by atoms with Crippen LogP contribution in [-0.2, 0) is 6.18 Å². The van der Waals surface area contributed by atoms with E-state index in [1.807, 2.05) is 4.90 Å². The van der Waals surface area contributed by atoms with Crippen LogP contribution in [0, 0.1) is 29.6 Å². The minimum atomic E-state index is -4.63. The molecule has 0 spiro atoms. The molecule has 0 saturated carbocycles. The zero-order chi connectivity index (χ0) is 22.4. The number of furan rings is 1. The van der Waals surface area contributed by atoms with Crippen LogP contribution in [0.2, 0.25) is 0 Å². The van der Waals surface area contributed by atoms with E-state index in [1.54, 1.807) is 24.0 Å². The van der Waals surface area contributed by atoms with Gasteiger partial charge in [0.2, 0.25) is 0 Å².